The molecular formula is C23H24N4O4S. The maximum Gasteiger partial charge on any atom is 0.292 e. The van der Waals surface area contributed by atoms with Crippen LogP contribution in [0.25, 0.3) is 6.08 Å². The summed E-state index contributed by atoms with van der Waals surface area (Å²) in [5.41, 5.74) is 1.66. The number of rotatable bonds is 6. The summed E-state index contributed by atoms with van der Waals surface area (Å²) in [4.78, 5) is 32.3. The molecule has 1 fully saturated rings. The number of para-hydroxylation sites is 2. The van der Waals surface area contributed by atoms with Gasteiger partial charge < -0.3 is 14.5 Å². The van der Waals surface area contributed by atoms with E-state index >= 15 is 0 Å². The number of hydrogen-bond donors (Lipinski definition) is 0. The summed E-state index contributed by atoms with van der Waals surface area (Å²) < 4.78 is 5.60. The lowest BCUT2D eigenvalue weighted by molar-refractivity contribution is -0.384. The predicted octanol–water partition coefficient (Wildman–Crippen LogP) is 4.18. The van der Waals surface area contributed by atoms with Crippen LogP contribution in [0.2, 0.25) is 0 Å². The van der Waals surface area contributed by atoms with Crippen LogP contribution in [-0.4, -0.2) is 53.7 Å². The van der Waals surface area contributed by atoms with Crippen molar-refractivity contribution >= 4 is 40.3 Å². The van der Waals surface area contributed by atoms with Crippen molar-refractivity contribution in [2.45, 2.75) is 13.3 Å². The first kappa shape index (κ1) is 21.9. The van der Waals surface area contributed by atoms with E-state index < -0.39 is 0 Å². The van der Waals surface area contributed by atoms with Crippen LogP contribution in [0, 0.1) is 10.1 Å². The highest BCUT2D eigenvalue weighted by Gasteiger charge is 2.30. The Hall–Kier alpha value is -3.33. The molecule has 2 aromatic carbocycles. The van der Waals surface area contributed by atoms with E-state index in [1.54, 1.807) is 12.1 Å². The van der Waals surface area contributed by atoms with E-state index in [9.17, 15) is 14.9 Å². The van der Waals surface area contributed by atoms with Crippen LogP contribution in [0.3, 0.4) is 0 Å². The van der Waals surface area contributed by atoms with Gasteiger partial charge in [0.15, 0.2) is 5.17 Å². The lowest BCUT2D eigenvalue weighted by Crippen LogP contribution is -2.48. The third-order valence-electron chi connectivity index (χ3n) is 5.23. The van der Waals surface area contributed by atoms with Crippen molar-refractivity contribution in [2.75, 3.05) is 37.7 Å². The second kappa shape index (κ2) is 9.86. The van der Waals surface area contributed by atoms with E-state index in [-0.39, 0.29) is 16.5 Å². The van der Waals surface area contributed by atoms with Gasteiger partial charge in [-0.2, -0.15) is 4.99 Å². The quantitative estimate of drug-likeness (QED) is 0.369. The van der Waals surface area contributed by atoms with Gasteiger partial charge in [-0.15, -0.1) is 0 Å². The van der Waals surface area contributed by atoms with Crippen molar-refractivity contribution in [3.05, 3.63) is 69.1 Å². The predicted molar refractivity (Wildman–Crippen MR) is 127 cm³/mol. The molecule has 2 aromatic rings. The van der Waals surface area contributed by atoms with Crippen molar-refractivity contribution in [1.82, 2.24) is 4.90 Å². The maximum atomic E-state index is 12.4. The molecule has 2 heterocycles. The molecular weight excluding hydrogens is 428 g/mol. The average Bonchev–Trinajstić information content (AvgIpc) is 3.18. The van der Waals surface area contributed by atoms with Crippen LogP contribution in [-0.2, 0) is 4.79 Å². The molecule has 0 aromatic heterocycles. The zero-order chi connectivity index (χ0) is 22.5. The van der Waals surface area contributed by atoms with Gasteiger partial charge in [0.05, 0.1) is 16.4 Å². The highest BCUT2D eigenvalue weighted by molar-refractivity contribution is 8.18. The summed E-state index contributed by atoms with van der Waals surface area (Å²) in [5, 5.41) is 12.0. The lowest BCUT2D eigenvalue weighted by Gasteiger charge is -2.36. The zero-order valence-electron chi connectivity index (χ0n) is 17.8. The van der Waals surface area contributed by atoms with Gasteiger partial charge in [0.2, 0.25) is 0 Å². The number of hydrogen-bond acceptors (Lipinski definition) is 7. The lowest BCUT2D eigenvalue weighted by atomic mass is 10.2. The van der Waals surface area contributed by atoms with E-state index in [0.717, 1.165) is 17.7 Å². The molecule has 8 nitrogen and oxygen atoms in total. The number of nitrogens with zero attached hydrogens (tertiary/aromatic N) is 4. The van der Waals surface area contributed by atoms with Crippen LogP contribution in [0.1, 0.15) is 18.9 Å². The van der Waals surface area contributed by atoms with Gasteiger partial charge in [-0.1, -0.05) is 31.2 Å². The van der Waals surface area contributed by atoms with E-state index in [0.29, 0.717) is 48.5 Å². The Kier molecular flexibility index (Phi) is 6.75. The van der Waals surface area contributed by atoms with Gasteiger partial charge in [-0.3, -0.25) is 14.9 Å². The van der Waals surface area contributed by atoms with E-state index in [1.165, 1.54) is 17.8 Å². The standard InChI is InChI=1S/C23H24N4O4S/c1-2-15-31-18-9-7-17(8-10-18)16-21-22(28)24-23(32-21)26-13-11-25(12-14-26)19-5-3-4-6-20(19)27(29)30/h3-10,16H,2,11-15H2,1H3/b21-16+. The summed E-state index contributed by atoms with van der Waals surface area (Å²) in [6.07, 6.45) is 2.80. The molecule has 166 valence electrons. The minimum Gasteiger partial charge on any atom is -0.494 e. The number of anilines is 1. The number of benzene rings is 2. The fourth-order valence-corrected chi connectivity index (χ4v) is 4.55. The molecule has 0 atom stereocenters. The van der Waals surface area contributed by atoms with Gasteiger partial charge in [-0.25, -0.2) is 0 Å². The Morgan fingerprint density at radius 2 is 1.78 bits per heavy atom. The van der Waals surface area contributed by atoms with Gasteiger partial charge in [0, 0.05) is 32.2 Å². The molecule has 0 spiro atoms. The van der Waals surface area contributed by atoms with Crippen LogP contribution < -0.4 is 9.64 Å². The normalized spacial score (nSPS) is 17.6. The number of thioether (sulfide) groups is 1. The SMILES string of the molecule is CCCOc1ccc(/C=C2/SC(N3CCN(c4ccccc4[N+](=O)[O-])CC3)=NC2=O)cc1. The summed E-state index contributed by atoms with van der Waals surface area (Å²) in [5.74, 6) is 0.574. The Bertz CT molecular complexity index is 1060. The molecule has 32 heavy (non-hydrogen) atoms. The first-order chi connectivity index (χ1) is 15.5. The Balaban J connectivity index is 1.37. The highest BCUT2D eigenvalue weighted by Crippen LogP contribution is 2.33. The van der Waals surface area contributed by atoms with Gasteiger partial charge in [-0.05, 0) is 48.0 Å². The first-order valence-corrected chi connectivity index (χ1v) is 11.4. The van der Waals surface area contributed by atoms with Crippen molar-refractivity contribution in [1.29, 1.82) is 0 Å². The smallest absolute Gasteiger partial charge is 0.292 e. The van der Waals surface area contributed by atoms with Crippen LogP contribution in [0.4, 0.5) is 11.4 Å². The summed E-state index contributed by atoms with van der Waals surface area (Å²) in [7, 11) is 0. The van der Waals surface area contributed by atoms with Crippen molar-refractivity contribution in [3.8, 4) is 5.75 Å². The monoisotopic (exact) mass is 452 g/mol. The number of ether oxygens (including phenoxy) is 1. The fraction of sp³-hybridized carbons (Fsp3) is 0.304. The molecule has 0 radical (unpaired) electrons. The molecule has 4 rings (SSSR count). The van der Waals surface area contributed by atoms with Gasteiger partial charge in [0.25, 0.3) is 11.6 Å². The van der Waals surface area contributed by atoms with Gasteiger partial charge >= 0.3 is 0 Å². The molecule has 2 aliphatic heterocycles. The van der Waals surface area contributed by atoms with Crippen LogP contribution in [0.5, 0.6) is 5.75 Å². The zero-order valence-corrected chi connectivity index (χ0v) is 18.6. The summed E-state index contributed by atoms with van der Waals surface area (Å²) in [6, 6.07) is 14.4. The molecule has 0 unspecified atom stereocenters. The molecule has 0 bridgehead atoms. The average molecular weight is 453 g/mol. The first-order valence-electron chi connectivity index (χ1n) is 10.5. The number of amides is 1. The third-order valence-corrected chi connectivity index (χ3v) is 6.27. The minimum atomic E-state index is -0.350. The second-order valence-electron chi connectivity index (χ2n) is 7.45. The van der Waals surface area contributed by atoms with E-state index in [4.69, 9.17) is 4.74 Å². The van der Waals surface area contributed by atoms with Crippen molar-refractivity contribution in [3.63, 3.8) is 0 Å². The number of piperazine rings is 1. The number of nitro benzene ring substituents is 1. The van der Waals surface area contributed by atoms with E-state index in [2.05, 4.69) is 16.8 Å². The molecule has 0 saturated carbocycles. The van der Waals surface area contributed by atoms with E-state index in [1.807, 2.05) is 41.3 Å². The Labute approximate surface area is 190 Å². The topological polar surface area (TPSA) is 88.3 Å². The molecule has 1 amide bonds. The Morgan fingerprint density at radius 3 is 2.47 bits per heavy atom. The summed E-state index contributed by atoms with van der Waals surface area (Å²) >= 11 is 1.37. The second-order valence-corrected chi connectivity index (χ2v) is 8.46. The Morgan fingerprint density at radius 1 is 1.09 bits per heavy atom. The molecule has 0 aliphatic carbocycles. The number of carbonyl (C=O) groups excluding carboxylic acids is 1. The number of nitro groups is 1. The van der Waals surface area contributed by atoms with Crippen molar-refractivity contribution < 1.29 is 14.5 Å². The highest BCUT2D eigenvalue weighted by atomic mass is 32.2. The van der Waals surface area contributed by atoms with Gasteiger partial charge in [0.1, 0.15) is 11.4 Å². The number of aliphatic imine (C=N–C) groups is 1. The summed E-state index contributed by atoms with van der Waals surface area (Å²) in [6.45, 7) is 5.26. The maximum absolute atomic E-state index is 12.4. The molecule has 2 aliphatic rings. The van der Waals surface area contributed by atoms with Crippen LogP contribution in [0.15, 0.2) is 58.4 Å². The fourth-order valence-electron chi connectivity index (χ4n) is 3.59. The third kappa shape index (κ3) is 4.94. The van der Waals surface area contributed by atoms with Crippen LogP contribution >= 0.6 is 11.8 Å². The molecule has 9 heteroatoms. The number of amidine groups is 1. The minimum absolute atomic E-state index is 0.111. The molecule has 1 saturated heterocycles. The van der Waals surface area contributed by atoms with Crippen molar-refractivity contribution in [2.24, 2.45) is 4.99 Å². The molecule has 0 N–H and O–H groups in total. The number of carbonyl (C=O) groups is 1. The largest absolute Gasteiger partial charge is 0.494 e.